The molecule has 0 atom stereocenters. The van der Waals surface area contributed by atoms with Crippen molar-refractivity contribution < 1.29 is 9.59 Å². The maximum atomic E-state index is 12.2. The molecule has 0 bridgehead atoms. The molecule has 0 spiro atoms. The molecule has 1 aliphatic carbocycles. The molecule has 1 N–H and O–H groups in total. The van der Waals surface area contributed by atoms with Crippen molar-refractivity contribution in [3.05, 3.63) is 0 Å². The molecule has 2 fully saturated rings. The topological polar surface area (TPSA) is 73.2 Å². The molecule has 5 nitrogen and oxygen atoms in total. The Bertz CT molecular complexity index is 391. The number of nitrogens with zero attached hydrogens (tertiary/aromatic N) is 2. The first-order valence-electron chi connectivity index (χ1n) is 5.46. The Kier molecular flexibility index (Phi) is 2.19. The zero-order chi connectivity index (χ0) is 12.0. The number of rotatable bonds is 1. The van der Waals surface area contributed by atoms with Gasteiger partial charge in [-0.25, -0.2) is 0 Å². The van der Waals surface area contributed by atoms with E-state index in [9.17, 15) is 9.59 Å². The van der Waals surface area contributed by atoms with Crippen LogP contribution in [0.25, 0.3) is 0 Å². The predicted molar refractivity (Wildman–Crippen MR) is 56.1 cm³/mol. The summed E-state index contributed by atoms with van der Waals surface area (Å²) in [6, 6.07) is 2.08. The van der Waals surface area contributed by atoms with Gasteiger partial charge in [0, 0.05) is 13.1 Å². The maximum Gasteiger partial charge on any atom is 0.245 e. The number of carbonyl (C=O) groups is 2. The molecule has 0 aromatic rings. The third-order valence-electron chi connectivity index (χ3n) is 3.47. The number of piperazine rings is 1. The monoisotopic (exact) mass is 221 g/mol. The van der Waals surface area contributed by atoms with Gasteiger partial charge >= 0.3 is 0 Å². The zero-order valence-electron chi connectivity index (χ0n) is 9.54. The molecule has 2 amide bonds. The molecule has 1 saturated heterocycles. The summed E-state index contributed by atoms with van der Waals surface area (Å²) in [5, 5.41) is 11.7. The average Bonchev–Trinajstić information content (AvgIpc) is 3.02. The fourth-order valence-corrected chi connectivity index (χ4v) is 2.01. The van der Waals surface area contributed by atoms with Crippen molar-refractivity contribution in [3.63, 3.8) is 0 Å². The third-order valence-corrected chi connectivity index (χ3v) is 3.47. The summed E-state index contributed by atoms with van der Waals surface area (Å²) in [5.41, 5.74) is -1.68. The number of nitrogens with one attached hydrogen (secondary N) is 1. The number of nitriles is 1. The molecule has 1 heterocycles. The minimum atomic E-state index is -0.845. The second-order valence-electron chi connectivity index (χ2n) is 4.97. The van der Waals surface area contributed by atoms with Crippen molar-refractivity contribution in [2.24, 2.45) is 5.41 Å². The smallest absolute Gasteiger partial charge is 0.245 e. The lowest BCUT2D eigenvalue weighted by atomic mass is 9.95. The van der Waals surface area contributed by atoms with Gasteiger partial charge in [-0.1, -0.05) is 0 Å². The summed E-state index contributed by atoms with van der Waals surface area (Å²) in [6.45, 7) is 4.39. The van der Waals surface area contributed by atoms with Crippen molar-refractivity contribution in [2.45, 2.75) is 32.2 Å². The molecule has 0 aromatic carbocycles. The number of hydrogen-bond acceptors (Lipinski definition) is 3. The minimum absolute atomic E-state index is 0.152. The van der Waals surface area contributed by atoms with E-state index in [4.69, 9.17) is 5.26 Å². The maximum absolute atomic E-state index is 12.2. The van der Waals surface area contributed by atoms with Gasteiger partial charge in [0.15, 0.2) is 0 Å². The summed E-state index contributed by atoms with van der Waals surface area (Å²) in [7, 11) is 0. The van der Waals surface area contributed by atoms with E-state index in [-0.39, 0.29) is 11.8 Å². The Morgan fingerprint density at radius 3 is 2.62 bits per heavy atom. The van der Waals surface area contributed by atoms with E-state index in [1.807, 2.05) is 0 Å². The molecule has 5 heteroatoms. The second kappa shape index (κ2) is 3.21. The van der Waals surface area contributed by atoms with Crippen LogP contribution in [0.3, 0.4) is 0 Å². The third kappa shape index (κ3) is 1.37. The molecule has 2 rings (SSSR count). The molecule has 2 aliphatic rings. The largest absolute Gasteiger partial charge is 0.352 e. The first kappa shape index (κ1) is 10.9. The Morgan fingerprint density at radius 2 is 2.12 bits per heavy atom. The van der Waals surface area contributed by atoms with E-state index in [1.165, 1.54) is 0 Å². The first-order chi connectivity index (χ1) is 7.44. The number of carbonyl (C=O) groups excluding carboxylic acids is 2. The summed E-state index contributed by atoms with van der Waals surface area (Å²) in [6.07, 6.45) is 1.24. The molecular weight excluding hydrogens is 206 g/mol. The van der Waals surface area contributed by atoms with Gasteiger partial charge in [0.1, 0.15) is 11.0 Å². The van der Waals surface area contributed by atoms with Crippen LogP contribution in [0.4, 0.5) is 0 Å². The van der Waals surface area contributed by atoms with Crippen LogP contribution in [-0.2, 0) is 9.59 Å². The Hall–Kier alpha value is -1.57. The highest BCUT2D eigenvalue weighted by Crippen LogP contribution is 2.47. The van der Waals surface area contributed by atoms with Crippen LogP contribution in [0, 0.1) is 16.7 Å². The van der Waals surface area contributed by atoms with Crippen LogP contribution in [0.1, 0.15) is 26.7 Å². The van der Waals surface area contributed by atoms with Gasteiger partial charge < -0.3 is 10.2 Å². The fourth-order valence-electron chi connectivity index (χ4n) is 2.01. The predicted octanol–water partition coefficient (Wildman–Crippen LogP) is 0.0272. The molecule has 0 aromatic heterocycles. The first-order valence-corrected chi connectivity index (χ1v) is 5.46. The van der Waals surface area contributed by atoms with Crippen molar-refractivity contribution in [2.75, 3.05) is 13.1 Å². The summed E-state index contributed by atoms with van der Waals surface area (Å²) in [4.78, 5) is 25.4. The lowest BCUT2D eigenvalue weighted by Gasteiger charge is -2.42. The van der Waals surface area contributed by atoms with Crippen LogP contribution >= 0.6 is 0 Å². The standard InChI is InChI=1S/C11H15N3O2/c1-10(2)8(15)13-5-6-14(10)9(16)11(7-12)3-4-11/h3-6H2,1-2H3,(H,13,15). The van der Waals surface area contributed by atoms with Gasteiger partial charge in [0.25, 0.3) is 0 Å². The summed E-state index contributed by atoms with van der Waals surface area (Å²) in [5.74, 6) is -0.337. The van der Waals surface area contributed by atoms with E-state index in [0.717, 1.165) is 0 Å². The van der Waals surface area contributed by atoms with E-state index < -0.39 is 11.0 Å². The molecule has 1 saturated carbocycles. The van der Waals surface area contributed by atoms with Crippen LogP contribution in [0.5, 0.6) is 0 Å². The van der Waals surface area contributed by atoms with Crippen molar-refractivity contribution in [1.29, 1.82) is 5.26 Å². The normalized spacial score (nSPS) is 25.6. The van der Waals surface area contributed by atoms with Crippen molar-refractivity contribution >= 4 is 11.8 Å². The summed E-state index contributed by atoms with van der Waals surface area (Å²) >= 11 is 0. The SMILES string of the molecule is CC1(C)C(=O)NCCN1C(=O)C1(C#N)CC1. The fraction of sp³-hybridized carbons (Fsp3) is 0.727. The molecule has 1 aliphatic heterocycles. The van der Waals surface area contributed by atoms with Crippen LogP contribution in [0.15, 0.2) is 0 Å². The highest BCUT2D eigenvalue weighted by Gasteiger charge is 2.56. The minimum Gasteiger partial charge on any atom is -0.352 e. The van der Waals surface area contributed by atoms with Crippen LogP contribution in [0.2, 0.25) is 0 Å². The molecule has 86 valence electrons. The Labute approximate surface area is 94.4 Å². The van der Waals surface area contributed by atoms with Gasteiger partial charge in [-0.15, -0.1) is 0 Å². The molecule has 16 heavy (non-hydrogen) atoms. The lowest BCUT2D eigenvalue weighted by molar-refractivity contribution is -0.151. The van der Waals surface area contributed by atoms with Gasteiger partial charge in [-0.05, 0) is 26.7 Å². The quantitative estimate of drug-likeness (QED) is 0.678. The van der Waals surface area contributed by atoms with Crippen LogP contribution in [-0.4, -0.2) is 35.3 Å². The average molecular weight is 221 g/mol. The van der Waals surface area contributed by atoms with Crippen LogP contribution < -0.4 is 5.32 Å². The van der Waals surface area contributed by atoms with E-state index >= 15 is 0 Å². The number of amides is 2. The van der Waals surface area contributed by atoms with E-state index in [2.05, 4.69) is 11.4 Å². The van der Waals surface area contributed by atoms with E-state index in [1.54, 1.807) is 18.7 Å². The second-order valence-corrected chi connectivity index (χ2v) is 4.97. The highest BCUT2D eigenvalue weighted by molar-refractivity contribution is 5.96. The van der Waals surface area contributed by atoms with Crippen molar-refractivity contribution in [3.8, 4) is 6.07 Å². The lowest BCUT2D eigenvalue weighted by Crippen LogP contribution is -2.64. The van der Waals surface area contributed by atoms with Crippen molar-refractivity contribution in [1.82, 2.24) is 10.2 Å². The highest BCUT2D eigenvalue weighted by atomic mass is 16.2. The Balaban J connectivity index is 2.24. The molecule has 0 unspecified atom stereocenters. The zero-order valence-corrected chi connectivity index (χ0v) is 9.54. The van der Waals surface area contributed by atoms with Gasteiger partial charge in [0.2, 0.25) is 11.8 Å². The Morgan fingerprint density at radius 1 is 1.50 bits per heavy atom. The summed E-state index contributed by atoms with van der Waals surface area (Å²) < 4.78 is 0. The van der Waals surface area contributed by atoms with Gasteiger partial charge in [0.05, 0.1) is 6.07 Å². The number of hydrogen-bond donors (Lipinski definition) is 1. The van der Waals surface area contributed by atoms with Gasteiger partial charge in [-0.3, -0.25) is 9.59 Å². The molecule has 0 radical (unpaired) electrons. The van der Waals surface area contributed by atoms with Gasteiger partial charge in [-0.2, -0.15) is 5.26 Å². The van der Waals surface area contributed by atoms with E-state index in [0.29, 0.717) is 25.9 Å². The molecular formula is C11H15N3O2.